The Balaban J connectivity index is 0.930. The molecule has 6 aliphatic rings. The first-order chi connectivity index (χ1) is 26.7. The summed E-state index contributed by atoms with van der Waals surface area (Å²) in [5, 5.41) is 45.8. The maximum Gasteiger partial charge on any atom is 0.190 e. The molecule has 4 aliphatic carbocycles. The first-order valence-corrected chi connectivity index (χ1v) is 21.9. The van der Waals surface area contributed by atoms with Gasteiger partial charge in [0.1, 0.15) is 12.2 Å². The Morgan fingerprint density at radius 2 is 1.87 bits per heavy atom. The topological polar surface area (TPSA) is 150 Å². The van der Waals surface area contributed by atoms with E-state index in [1.165, 1.54) is 89.0 Å². The number of nitrogens with zero attached hydrogens (tertiary/aromatic N) is 1. The number of nitrogens with two attached hydrogens (primary N) is 1. The molecule has 0 amide bonds. The van der Waals surface area contributed by atoms with Crippen LogP contribution in [0.25, 0.3) is 0 Å². The first kappa shape index (κ1) is 40.7. The normalized spacial score (nSPS) is 27.8. The van der Waals surface area contributed by atoms with Crippen molar-refractivity contribution in [1.82, 2.24) is 5.32 Å². The second-order valence-electron chi connectivity index (χ2n) is 18.2. The van der Waals surface area contributed by atoms with Crippen LogP contribution in [0.4, 0.5) is 0 Å². The van der Waals surface area contributed by atoms with E-state index < -0.39 is 12.2 Å². The maximum absolute atomic E-state index is 11.5. The molecular formula is C46H69N3O6. The minimum absolute atomic E-state index is 0.00679. The average molecular weight is 760 g/mol. The number of unbranched alkanes of at least 4 members (excludes halogenated alkanes) is 1. The summed E-state index contributed by atoms with van der Waals surface area (Å²) in [5.74, 6) is 2.01. The standard InChI is InChI=1S/C46H69N3O6/c1-31(51)27-48-28-37-35-9-8-10-38(35)46(19-6-7-20-46)26-40-36(37)25-39(49-40)42(53)30-54-44-23-32(13-15-41(44)52)12-14-34-24-33(29-50)43(55-34)11-2-3-16-45(21-22-47)17-4-5-18-45/h13,15,23-25,31,35,37-38,42-43,48,50-53H,2-12,14,16-22,26-30,47H2,1H3/t31-,35-,37-,38-,42-,43?/m0/s1. The molecule has 0 bridgehead atoms. The van der Waals surface area contributed by atoms with Gasteiger partial charge in [-0.2, -0.15) is 11.6 Å². The highest BCUT2D eigenvalue weighted by Gasteiger charge is 2.57. The number of aliphatic hydroxyl groups excluding tert-OH is 3. The van der Waals surface area contributed by atoms with E-state index in [1.807, 2.05) is 25.1 Å². The van der Waals surface area contributed by atoms with Crippen LogP contribution in [0, 0.1) is 40.7 Å². The maximum atomic E-state index is 11.5. The smallest absolute Gasteiger partial charge is 0.190 e. The summed E-state index contributed by atoms with van der Waals surface area (Å²) in [7, 11) is 0. The van der Waals surface area contributed by atoms with Crippen molar-refractivity contribution in [2.24, 2.45) is 39.3 Å². The number of benzene rings is 1. The molecule has 1 spiro atoms. The highest BCUT2D eigenvalue weighted by molar-refractivity contribution is 6.04. The van der Waals surface area contributed by atoms with Gasteiger partial charge in [0.15, 0.2) is 29.4 Å². The molecule has 0 aromatic heterocycles. The zero-order valence-corrected chi connectivity index (χ0v) is 33.5. The van der Waals surface area contributed by atoms with Gasteiger partial charge in [0, 0.05) is 25.8 Å². The lowest BCUT2D eigenvalue weighted by Gasteiger charge is -2.37. The van der Waals surface area contributed by atoms with Crippen molar-refractivity contribution in [3.63, 3.8) is 0 Å². The van der Waals surface area contributed by atoms with Crippen LogP contribution < -0.4 is 15.8 Å². The molecule has 1 unspecified atom stereocenters. The molecule has 1 aromatic rings. The molecule has 7 N–H and O–H groups in total. The SMILES string of the molecule is C[C@H](O)CNC[C@@H]1C2=C[C+]([C@@H](O)COc3cc(CC[C-]4C=C(CO)C(CCCCC5(CCN)CCCC5)O4)ccc3O)N=C2CC2(CCCC2)[C@H]2CCC[C@@H]12. The zero-order valence-electron chi connectivity index (χ0n) is 33.5. The summed E-state index contributed by atoms with van der Waals surface area (Å²) < 4.78 is 12.5. The molecule has 55 heavy (non-hydrogen) atoms. The predicted molar refractivity (Wildman–Crippen MR) is 217 cm³/mol. The molecule has 6 atom stereocenters. The van der Waals surface area contributed by atoms with Gasteiger partial charge in [-0.25, -0.2) is 0 Å². The molecule has 9 heteroatoms. The van der Waals surface area contributed by atoms with Crippen LogP contribution in [-0.4, -0.2) is 77.3 Å². The minimum atomic E-state index is -0.925. The molecule has 0 radical (unpaired) electrons. The van der Waals surface area contributed by atoms with Crippen LogP contribution in [0.3, 0.4) is 0 Å². The van der Waals surface area contributed by atoms with Crippen molar-refractivity contribution < 1.29 is 29.9 Å². The van der Waals surface area contributed by atoms with E-state index >= 15 is 0 Å². The van der Waals surface area contributed by atoms with E-state index in [0.29, 0.717) is 59.8 Å². The van der Waals surface area contributed by atoms with Crippen molar-refractivity contribution in [1.29, 1.82) is 0 Å². The van der Waals surface area contributed by atoms with Gasteiger partial charge in [0.05, 0.1) is 24.5 Å². The number of hydrogen-bond acceptors (Lipinski definition) is 9. The number of aliphatic hydroxyl groups is 3. The van der Waals surface area contributed by atoms with Crippen molar-refractivity contribution in [3.05, 3.63) is 59.2 Å². The number of ether oxygens (including phenoxy) is 2. The number of aryl methyl sites for hydroxylation is 1. The number of hydrogen-bond donors (Lipinski definition) is 6. The van der Waals surface area contributed by atoms with Crippen molar-refractivity contribution >= 4 is 5.71 Å². The lowest BCUT2D eigenvalue weighted by Crippen LogP contribution is -2.37. The third kappa shape index (κ3) is 9.45. The molecule has 304 valence electrons. The van der Waals surface area contributed by atoms with Crippen LogP contribution in [0.5, 0.6) is 11.5 Å². The Morgan fingerprint density at radius 3 is 2.64 bits per heavy atom. The number of fused-ring (bicyclic) bond motifs is 3. The van der Waals surface area contributed by atoms with E-state index in [4.69, 9.17) is 20.2 Å². The average Bonchev–Trinajstić information content (AvgIpc) is 4.02. The monoisotopic (exact) mass is 760 g/mol. The molecule has 2 aliphatic heterocycles. The van der Waals surface area contributed by atoms with Gasteiger partial charge in [-0.05, 0) is 118 Å². The van der Waals surface area contributed by atoms with Crippen molar-refractivity contribution in [3.8, 4) is 11.5 Å². The number of phenols is 1. The van der Waals surface area contributed by atoms with E-state index in [0.717, 1.165) is 61.7 Å². The zero-order chi connectivity index (χ0) is 38.4. The number of aromatic hydroxyl groups is 1. The highest BCUT2D eigenvalue weighted by atomic mass is 16.5. The summed E-state index contributed by atoms with van der Waals surface area (Å²) >= 11 is 0. The summed E-state index contributed by atoms with van der Waals surface area (Å²) in [5.41, 5.74) is 11.1. The third-order valence-corrected chi connectivity index (χ3v) is 14.5. The number of aliphatic imine (C=N–C) groups is 1. The molecule has 0 saturated heterocycles. The Bertz CT molecular complexity index is 1510. The third-order valence-electron chi connectivity index (χ3n) is 14.5. The summed E-state index contributed by atoms with van der Waals surface area (Å²) in [6.45, 7) is 3.98. The van der Waals surface area contributed by atoms with E-state index in [1.54, 1.807) is 6.07 Å². The molecular weight excluding hydrogens is 691 g/mol. The van der Waals surface area contributed by atoms with Gasteiger partial charge < -0.3 is 41.0 Å². The van der Waals surface area contributed by atoms with E-state index in [2.05, 4.69) is 11.4 Å². The molecule has 1 aromatic carbocycles. The number of phenolic OH excluding ortho intramolecular Hbond substituents is 1. The largest absolute Gasteiger partial charge is 0.504 e. The number of rotatable bonds is 19. The molecule has 4 saturated carbocycles. The van der Waals surface area contributed by atoms with Gasteiger partial charge in [-0.15, -0.1) is 4.99 Å². The quantitative estimate of drug-likeness (QED) is 0.0638. The highest BCUT2D eigenvalue weighted by Crippen LogP contribution is 2.60. The van der Waals surface area contributed by atoms with Crippen molar-refractivity contribution in [2.75, 3.05) is 32.8 Å². The second kappa shape index (κ2) is 18.4. The van der Waals surface area contributed by atoms with Crippen molar-refractivity contribution in [2.45, 2.75) is 147 Å². The Hall–Kier alpha value is -2.53. The van der Waals surface area contributed by atoms with Gasteiger partial charge in [-0.3, -0.25) is 0 Å². The molecule has 9 nitrogen and oxygen atoms in total. The Labute approximate surface area is 330 Å². The lowest BCUT2D eigenvalue weighted by molar-refractivity contribution is 0.101. The molecule has 4 fully saturated rings. The fourth-order valence-electron chi connectivity index (χ4n) is 11.7. The van der Waals surface area contributed by atoms with Crippen LogP contribution in [-0.2, 0) is 11.2 Å². The minimum Gasteiger partial charge on any atom is -0.504 e. The summed E-state index contributed by atoms with van der Waals surface area (Å²) in [6.07, 6.45) is 25.8. The van der Waals surface area contributed by atoms with Crippen LogP contribution in [0.1, 0.15) is 128 Å². The predicted octanol–water partition coefficient (Wildman–Crippen LogP) is 7.26. The molecule has 7 rings (SSSR count). The first-order valence-electron chi connectivity index (χ1n) is 21.9. The van der Waals surface area contributed by atoms with E-state index in [9.17, 15) is 20.4 Å². The van der Waals surface area contributed by atoms with Gasteiger partial charge in [-0.1, -0.05) is 63.5 Å². The fraction of sp³-hybridized carbons (Fsp3) is 0.717. The van der Waals surface area contributed by atoms with Crippen LogP contribution >= 0.6 is 0 Å². The summed E-state index contributed by atoms with van der Waals surface area (Å²) in [4.78, 5) is 5.13. The Kier molecular flexibility index (Phi) is 13.6. The van der Waals surface area contributed by atoms with Gasteiger partial charge >= 0.3 is 0 Å². The van der Waals surface area contributed by atoms with E-state index in [-0.39, 0.29) is 25.1 Å². The van der Waals surface area contributed by atoms with Crippen LogP contribution in [0.2, 0.25) is 0 Å². The summed E-state index contributed by atoms with van der Waals surface area (Å²) in [6, 6.07) is 6.06. The lowest BCUT2D eigenvalue weighted by atomic mass is 9.66. The second-order valence-corrected chi connectivity index (χ2v) is 18.2. The van der Waals surface area contributed by atoms with Crippen LogP contribution in [0.15, 0.2) is 46.5 Å². The van der Waals surface area contributed by atoms with Gasteiger partial charge in [0.25, 0.3) is 0 Å². The fourth-order valence-corrected chi connectivity index (χ4v) is 11.7. The number of nitrogens with one attached hydrogen (secondary N) is 1. The van der Waals surface area contributed by atoms with Gasteiger partial charge in [0.2, 0.25) is 0 Å². The molecule has 2 heterocycles. The Morgan fingerprint density at radius 1 is 1.07 bits per heavy atom.